The molecule has 3 N–H and O–H groups in total. The van der Waals surface area contributed by atoms with Crippen molar-refractivity contribution in [3.63, 3.8) is 0 Å². The highest BCUT2D eigenvalue weighted by molar-refractivity contribution is 6.31. The van der Waals surface area contributed by atoms with E-state index in [2.05, 4.69) is 0 Å². The molecule has 1 aromatic rings. The Balaban J connectivity index is 3.33. The average molecular weight is 190 g/mol. The van der Waals surface area contributed by atoms with Crippen LogP contribution in [0.15, 0.2) is 12.1 Å². The van der Waals surface area contributed by atoms with Crippen molar-refractivity contribution in [2.75, 3.05) is 0 Å². The minimum absolute atomic E-state index is 0.150. The smallest absolute Gasteiger partial charge is 0.171 e. The maximum absolute atomic E-state index is 13.1. The number of halogens is 2. The average Bonchev–Trinajstić information content (AvgIpc) is 1.97. The molecule has 0 amide bonds. The largest absolute Gasteiger partial charge is 0.505 e. The zero-order valence-electron chi connectivity index (χ0n) is 6.51. The Morgan fingerprint density at radius 3 is 2.58 bits per heavy atom. The second-order valence-corrected chi connectivity index (χ2v) is 2.99. The fourth-order valence-corrected chi connectivity index (χ4v) is 1.29. The van der Waals surface area contributed by atoms with Gasteiger partial charge in [0.05, 0.1) is 0 Å². The molecule has 0 heterocycles. The van der Waals surface area contributed by atoms with E-state index in [4.69, 9.17) is 22.4 Å². The second-order valence-electron chi connectivity index (χ2n) is 2.58. The number of rotatable bonds is 1. The van der Waals surface area contributed by atoms with Crippen LogP contribution in [-0.4, -0.2) is 5.11 Å². The van der Waals surface area contributed by atoms with Crippen LogP contribution < -0.4 is 5.73 Å². The Labute approximate surface area is 74.8 Å². The summed E-state index contributed by atoms with van der Waals surface area (Å²) in [5.41, 5.74) is 5.60. The molecule has 0 aliphatic rings. The number of hydrogen-bond donors (Lipinski definition) is 2. The number of benzene rings is 1. The van der Waals surface area contributed by atoms with Gasteiger partial charge in [0.2, 0.25) is 0 Å². The molecule has 0 aliphatic heterocycles. The monoisotopic (exact) mass is 189 g/mol. The summed E-state index contributed by atoms with van der Waals surface area (Å²) in [4.78, 5) is 0. The van der Waals surface area contributed by atoms with Crippen molar-refractivity contribution >= 4 is 11.6 Å². The minimum atomic E-state index is -0.738. The maximum Gasteiger partial charge on any atom is 0.171 e. The van der Waals surface area contributed by atoms with Gasteiger partial charge in [-0.1, -0.05) is 11.6 Å². The van der Waals surface area contributed by atoms with E-state index in [0.717, 1.165) is 0 Å². The topological polar surface area (TPSA) is 46.2 Å². The molecule has 0 radical (unpaired) electrons. The van der Waals surface area contributed by atoms with E-state index in [1.165, 1.54) is 12.1 Å². The molecule has 2 nitrogen and oxygen atoms in total. The van der Waals surface area contributed by atoms with E-state index in [1.54, 1.807) is 6.92 Å². The highest BCUT2D eigenvalue weighted by Crippen LogP contribution is 2.29. The summed E-state index contributed by atoms with van der Waals surface area (Å²) in [6.07, 6.45) is 0. The number of hydrogen-bond acceptors (Lipinski definition) is 2. The first-order valence-corrected chi connectivity index (χ1v) is 3.84. The summed E-state index contributed by atoms with van der Waals surface area (Å²) in [6.45, 7) is 1.60. The summed E-state index contributed by atoms with van der Waals surface area (Å²) < 4.78 is 13.1. The summed E-state index contributed by atoms with van der Waals surface area (Å²) in [6, 6.07) is 2.09. The summed E-state index contributed by atoms with van der Waals surface area (Å²) in [5, 5.41) is 9.22. The highest BCUT2D eigenvalue weighted by atomic mass is 35.5. The first-order chi connectivity index (χ1) is 5.54. The third-order valence-electron chi connectivity index (χ3n) is 1.56. The van der Waals surface area contributed by atoms with E-state index >= 15 is 0 Å². The number of aromatic hydroxyl groups is 1. The third kappa shape index (κ3) is 1.52. The Bertz CT molecular complexity index is 301. The van der Waals surface area contributed by atoms with Gasteiger partial charge in [-0.15, -0.1) is 0 Å². The molecule has 4 heteroatoms. The predicted octanol–water partition coefficient (Wildman–Crippen LogP) is 2.20. The molecule has 0 saturated heterocycles. The van der Waals surface area contributed by atoms with Crippen LogP contribution in [0.1, 0.15) is 18.5 Å². The normalized spacial score (nSPS) is 13.0. The Hall–Kier alpha value is -0.800. The van der Waals surface area contributed by atoms with Crippen LogP contribution in [0.5, 0.6) is 5.75 Å². The molecule has 0 saturated carbocycles. The molecule has 1 rings (SSSR count). The lowest BCUT2D eigenvalue weighted by molar-refractivity contribution is 0.426. The van der Waals surface area contributed by atoms with E-state index in [-0.39, 0.29) is 10.6 Å². The molecule has 0 fully saturated rings. The van der Waals surface area contributed by atoms with Gasteiger partial charge in [-0.25, -0.2) is 4.39 Å². The van der Waals surface area contributed by atoms with Crippen LogP contribution >= 0.6 is 11.6 Å². The minimum Gasteiger partial charge on any atom is -0.505 e. The summed E-state index contributed by atoms with van der Waals surface area (Å²) in [7, 11) is 0. The summed E-state index contributed by atoms with van der Waals surface area (Å²) in [5.74, 6) is -1.16. The van der Waals surface area contributed by atoms with E-state index < -0.39 is 17.6 Å². The second kappa shape index (κ2) is 3.29. The molecule has 0 spiro atoms. The van der Waals surface area contributed by atoms with E-state index in [9.17, 15) is 4.39 Å². The fourth-order valence-electron chi connectivity index (χ4n) is 0.975. The van der Waals surface area contributed by atoms with Gasteiger partial charge in [-0.05, 0) is 19.1 Å². The van der Waals surface area contributed by atoms with Crippen LogP contribution in [0.3, 0.4) is 0 Å². The summed E-state index contributed by atoms with van der Waals surface area (Å²) >= 11 is 5.67. The molecular weight excluding hydrogens is 181 g/mol. The van der Waals surface area contributed by atoms with Crippen LogP contribution in [0.2, 0.25) is 5.02 Å². The Morgan fingerprint density at radius 2 is 2.17 bits per heavy atom. The number of phenolic OH excluding ortho intramolecular Hbond substituents is 1. The molecular formula is C8H9ClFNO. The zero-order chi connectivity index (χ0) is 9.30. The maximum atomic E-state index is 13.1. The first-order valence-electron chi connectivity index (χ1n) is 3.46. The molecule has 1 aromatic carbocycles. The van der Waals surface area contributed by atoms with Crippen LogP contribution in [-0.2, 0) is 0 Å². The lowest BCUT2D eigenvalue weighted by atomic mass is 10.1. The Kier molecular flexibility index (Phi) is 2.55. The van der Waals surface area contributed by atoms with Gasteiger partial charge in [-0.3, -0.25) is 0 Å². The lowest BCUT2D eigenvalue weighted by Crippen LogP contribution is -2.08. The first kappa shape index (κ1) is 9.29. The van der Waals surface area contributed by atoms with Crippen LogP contribution in [0.4, 0.5) is 4.39 Å². The van der Waals surface area contributed by atoms with Crippen LogP contribution in [0.25, 0.3) is 0 Å². The van der Waals surface area contributed by atoms with Crippen molar-refractivity contribution in [1.82, 2.24) is 0 Å². The predicted molar refractivity (Wildman–Crippen MR) is 45.7 cm³/mol. The number of phenols is 1. The standard InChI is InChI=1S/C8H9ClFNO/c1-4(11)7-5(9)2-3-6(12)8(7)10/h2-4,12H,11H2,1H3. The molecule has 0 aromatic heterocycles. The van der Waals surface area contributed by atoms with E-state index in [1.807, 2.05) is 0 Å². The SMILES string of the molecule is CC(N)c1c(Cl)ccc(O)c1F. The van der Waals surface area contributed by atoms with Gasteiger partial charge in [0.1, 0.15) is 0 Å². The fraction of sp³-hybridized carbons (Fsp3) is 0.250. The molecule has 0 aliphatic carbocycles. The molecule has 12 heavy (non-hydrogen) atoms. The third-order valence-corrected chi connectivity index (χ3v) is 1.89. The van der Waals surface area contributed by atoms with Gasteiger partial charge in [0, 0.05) is 16.6 Å². The van der Waals surface area contributed by atoms with Gasteiger partial charge < -0.3 is 10.8 Å². The van der Waals surface area contributed by atoms with Gasteiger partial charge in [0.15, 0.2) is 11.6 Å². The Morgan fingerprint density at radius 1 is 1.58 bits per heavy atom. The van der Waals surface area contributed by atoms with Crippen LogP contribution in [0, 0.1) is 5.82 Å². The van der Waals surface area contributed by atoms with Gasteiger partial charge in [0.25, 0.3) is 0 Å². The molecule has 0 bridgehead atoms. The zero-order valence-corrected chi connectivity index (χ0v) is 7.27. The van der Waals surface area contributed by atoms with Crippen molar-refractivity contribution in [3.05, 3.63) is 28.5 Å². The molecule has 66 valence electrons. The van der Waals surface area contributed by atoms with Crippen molar-refractivity contribution in [2.45, 2.75) is 13.0 Å². The molecule has 1 atom stereocenters. The van der Waals surface area contributed by atoms with Gasteiger partial charge in [-0.2, -0.15) is 0 Å². The van der Waals surface area contributed by atoms with Gasteiger partial charge >= 0.3 is 0 Å². The van der Waals surface area contributed by atoms with Crippen molar-refractivity contribution < 1.29 is 9.50 Å². The van der Waals surface area contributed by atoms with Crippen molar-refractivity contribution in [3.8, 4) is 5.75 Å². The number of nitrogens with two attached hydrogens (primary N) is 1. The lowest BCUT2D eigenvalue weighted by Gasteiger charge is -2.09. The quantitative estimate of drug-likeness (QED) is 0.712. The van der Waals surface area contributed by atoms with E-state index in [0.29, 0.717) is 0 Å². The van der Waals surface area contributed by atoms with Crippen molar-refractivity contribution in [2.24, 2.45) is 5.73 Å². The molecule has 1 unspecified atom stereocenters. The van der Waals surface area contributed by atoms with Crippen molar-refractivity contribution in [1.29, 1.82) is 0 Å². The highest BCUT2D eigenvalue weighted by Gasteiger charge is 2.14.